The van der Waals surface area contributed by atoms with Crippen molar-refractivity contribution in [2.75, 3.05) is 5.75 Å². The maximum Gasteiger partial charge on any atom is 0.230 e. The number of thiophene rings is 1. The Morgan fingerprint density at radius 3 is 2.85 bits per heavy atom. The number of thioether (sulfide) groups is 1. The van der Waals surface area contributed by atoms with Gasteiger partial charge < -0.3 is 5.32 Å². The molecule has 2 rings (SSSR count). The van der Waals surface area contributed by atoms with Crippen LogP contribution in [-0.2, 0) is 4.79 Å². The molecule has 0 fully saturated rings. The van der Waals surface area contributed by atoms with Gasteiger partial charge in [-0.05, 0) is 43.8 Å². The summed E-state index contributed by atoms with van der Waals surface area (Å²) in [5.74, 6) is 0.539. The average Bonchev–Trinajstić information content (AvgIpc) is 2.94. The first-order chi connectivity index (χ1) is 9.56. The molecule has 0 bridgehead atoms. The Bertz CT molecular complexity index is 578. The van der Waals surface area contributed by atoms with Gasteiger partial charge in [-0.15, -0.1) is 23.1 Å². The topological polar surface area (TPSA) is 29.1 Å². The van der Waals surface area contributed by atoms with Crippen LogP contribution in [0.1, 0.15) is 29.0 Å². The number of carbonyl (C=O) groups excluding carboxylic acids is 1. The highest BCUT2D eigenvalue weighted by molar-refractivity contribution is 8.00. The van der Waals surface area contributed by atoms with Gasteiger partial charge in [0, 0.05) is 9.77 Å². The van der Waals surface area contributed by atoms with Crippen molar-refractivity contribution in [1.82, 2.24) is 5.32 Å². The van der Waals surface area contributed by atoms with Gasteiger partial charge in [-0.25, -0.2) is 0 Å². The third kappa shape index (κ3) is 4.12. The standard InChI is InChI=1S/C16H19NOS2/c1-11-6-7-12(2)15(9-11)20-10-16(18)17-13(3)14-5-4-8-19-14/h4-9,13H,10H2,1-3H3,(H,17,18). The van der Waals surface area contributed by atoms with E-state index in [1.807, 2.05) is 24.4 Å². The van der Waals surface area contributed by atoms with Crippen LogP contribution in [0.2, 0.25) is 0 Å². The summed E-state index contributed by atoms with van der Waals surface area (Å²) in [6.07, 6.45) is 0. The van der Waals surface area contributed by atoms with E-state index in [4.69, 9.17) is 0 Å². The fourth-order valence-corrected chi connectivity index (χ4v) is 3.57. The van der Waals surface area contributed by atoms with Crippen molar-refractivity contribution in [3.05, 3.63) is 51.7 Å². The molecule has 0 aliphatic heterocycles. The van der Waals surface area contributed by atoms with Crippen molar-refractivity contribution in [3.8, 4) is 0 Å². The maximum atomic E-state index is 12.0. The van der Waals surface area contributed by atoms with Gasteiger partial charge in [0.1, 0.15) is 0 Å². The lowest BCUT2D eigenvalue weighted by Gasteiger charge is -2.12. The molecule has 0 spiro atoms. The number of hydrogen-bond donors (Lipinski definition) is 1. The van der Waals surface area contributed by atoms with E-state index in [0.717, 1.165) is 0 Å². The first kappa shape index (κ1) is 15.1. The van der Waals surface area contributed by atoms with Crippen molar-refractivity contribution in [3.63, 3.8) is 0 Å². The number of aryl methyl sites for hydroxylation is 2. The van der Waals surface area contributed by atoms with E-state index >= 15 is 0 Å². The fourth-order valence-electron chi connectivity index (χ4n) is 1.90. The highest BCUT2D eigenvalue weighted by Gasteiger charge is 2.11. The molecule has 4 heteroatoms. The molecule has 1 aromatic carbocycles. The Hall–Kier alpha value is -1.26. The highest BCUT2D eigenvalue weighted by atomic mass is 32.2. The molecule has 0 radical (unpaired) electrons. The number of hydrogen-bond acceptors (Lipinski definition) is 3. The predicted molar refractivity (Wildman–Crippen MR) is 87.5 cm³/mol. The molecule has 1 aromatic heterocycles. The average molecular weight is 305 g/mol. The number of benzene rings is 1. The van der Waals surface area contributed by atoms with Gasteiger partial charge in [0.25, 0.3) is 0 Å². The molecule has 2 aromatic rings. The van der Waals surface area contributed by atoms with Crippen molar-refractivity contribution in [1.29, 1.82) is 0 Å². The quantitative estimate of drug-likeness (QED) is 0.833. The molecule has 1 amide bonds. The molecule has 20 heavy (non-hydrogen) atoms. The second kappa shape index (κ2) is 6.95. The summed E-state index contributed by atoms with van der Waals surface area (Å²) in [7, 11) is 0. The van der Waals surface area contributed by atoms with Crippen LogP contribution in [0.5, 0.6) is 0 Å². The first-order valence-corrected chi connectivity index (χ1v) is 8.45. The normalized spacial score (nSPS) is 12.2. The summed E-state index contributed by atoms with van der Waals surface area (Å²) in [4.78, 5) is 14.4. The zero-order valence-corrected chi connectivity index (χ0v) is 13.6. The largest absolute Gasteiger partial charge is 0.348 e. The molecule has 0 saturated heterocycles. The van der Waals surface area contributed by atoms with Crippen LogP contribution in [0.25, 0.3) is 0 Å². The van der Waals surface area contributed by atoms with Crippen LogP contribution in [0.4, 0.5) is 0 Å². The van der Waals surface area contributed by atoms with Crippen LogP contribution < -0.4 is 5.32 Å². The smallest absolute Gasteiger partial charge is 0.230 e. The molecule has 0 aliphatic rings. The predicted octanol–water partition coefficient (Wildman–Crippen LogP) is 4.33. The third-order valence-electron chi connectivity index (χ3n) is 3.05. The second-order valence-corrected chi connectivity index (χ2v) is 6.86. The van der Waals surface area contributed by atoms with E-state index < -0.39 is 0 Å². The van der Waals surface area contributed by atoms with Gasteiger partial charge in [-0.2, -0.15) is 0 Å². The SMILES string of the molecule is Cc1ccc(C)c(SCC(=O)NC(C)c2cccs2)c1. The van der Waals surface area contributed by atoms with Gasteiger partial charge >= 0.3 is 0 Å². The van der Waals surface area contributed by atoms with E-state index in [1.54, 1.807) is 23.1 Å². The van der Waals surface area contributed by atoms with E-state index in [0.29, 0.717) is 5.75 Å². The van der Waals surface area contributed by atoms with Crippen molar-refractivity contribution in [2.24, 2.45) is 0 Å². The van der Waals surface area contributed by atoms with Crippen molar-refractivity contribution < 1.29 is 4.79 Å². The van der Waals surface area contributed by atoms with Crippen molar-refractivity contribution in [2.45, 2.75) is 31.7 Å². The molecule has 1 atom stereocenters. The van der Waals surface area contributed by atoms with E-state index in [2.05, 4.69) is 37.4 Å². The molecule has 1 N–H and O–H groups in total. The Morgan fingerprint density at radius 2 is 2.15 bits per heavy atom. The number of rotatable bonds is 5. The molecule has 2 nitrogen and oxygen atoms in total. The lowest BCUT2D eigenvalue weighted by atomic mass is 10.2. The first-order valence-electron chi connectivity index (χ1n) is 6.59. The Labute approximate surface area is 128 Å². The van der Waals surface area contributed by atoms with Gasteiger partial charge in [-0.1, -0.05) is 23.8 Å². The number of nitrogens with one attached hydrogen (secondary N) is 1. The molecule has 0 saturated carbocycles. The highest BCUT2D eigenvalue weighted by Crippen LogP contribution is 2.24. The van der Waals surface area contributed by atoms with Gasteiger partial charge in [-0.3, -0.25) is 4.79 Å². The molecule has 1 heterocycles. The summed E-state index contributed by atoms with van der Waals surface area (Å²) in [5, 5.41) is 5.07. The molecular formula is C16H19NOS2. The Kier molecular flexibility index (Phi) is 5.26. The fraction of sp³-hybridized carbons (Fsp3) is 0.312. The second-order valence-electron chi connectivity index (χ2n) is 4.86. The maximum absolute atomic E-state index is 12.0. The van der Waals surface area contributed by atoms with Gasteiger partial charge in [0.15, 0.2) is 0 Å². The molecular weight excluding hydrogens is 286 g/mol. The third-order valence-corrected chi connectivity index (χ3v) is 5.26. The van der Waals surface area contributed by atoms with Crippen molar-refractivity contribution >= 4 is 29.0 Å². The van der Waals surface area contributed by atoms with Gasteiger partial charge in [0.05, 0.1) is 11.8 Å². The monoisotopic (exact) mass is 305 g/mol. The van der Waals surface area contributed by atoms with Crippen LogP contribution in [0.3, 0.4) is 0 Å². The minimum absolute atomic E-state index is 0.0804. The van der Waals surface area contributed by atoms with Crippen LogP contribution >= 0.6 is 23.1 Å². The summed E-state index contributed by atoms with van der Waals surface area (Å²) in [5.41, 5.74) is 2.45. The molecule has 106 valence electrons. The van der Waals surface area contributed by atoms with Crippen LogP contribution in [0.15, 0.2) is 40.6 Å². The molecule has 0 aliphatic carbocycles. The summed E-state index contributed by atoms with van der Waals surface area (Å²) in [6.45, 7) is 6.17. The van der Waals surface area contributed by atoms with Crippen LogP contribution in [0, 0.1) is 13.8 Å². The Morgan fingerprint density at radius 1 is 1.35 bits per heavy atom. The van der Waals surface area contributed by atoms with E-state index in [9.17, 15) is 4.79 Å². The van der Waals surface area contributed by atoms with Crippen LogP contribution in [-0.4, -0.2) is 11.7 Å². The lowest BCUT2D eigenvalue weighted by Crippen LogP contribution is -2.27. The summed E-state index contributed by atoms with van der Waals surface area (Å²) >= 11 is 3.27. The van der Waals surface area contributed by atoms with E-state index in [1.165, 1.54) is 20.9 Å². The minimum Gasteiger partial charge on any atom is -0.348 e. The summed E-state index contributed by atoms with van der Waals surface area (Å²) in [6, 6.07) is 10.5. The Balaban J connectivity index is 1.87. The lowest BCUT2D eigenvalue weighted by molar-refractivity contribution is -0.119. The van der Waals surface area contributed by atoms with Gasteiger partial charge in [0.2, 0.25) is 5.91 Å². The van der Waals surface area contributed by atoms with E-state index in [-0.39, 0.29) is 11.9 Å². The minimum atomic E-state index is 0.0804. The number of carbonyl (C=O) groups is 1. The summed E-state index contributed by atoms with van der Waals surface area (Å²) < 4.78 is 0. The number of amides is 1. The molecule has 1 unspecified atom stereocenters. The zero-order chi connectivity index (χ0) is 14.5. The zero-order valence-electron chi connectivity index (χ0n) is 12.0.